The van der Waals surface area contributed by atoms with Crippen molar-refractivity contribution >= 4 is 30.3 Å². The van der Waals surface area contributed by atoms with E-state index in [0.29, 0.717) is 17.2 Å². The van der Waals surface area contributed by atoms with Crippen molar-refractivity contribution < 1.29 is 42.8 Å². The number of alkyl carbamates (subject to hydrolysis) is 1. The minimum atomic E-state index is -0.961. The molecular weight excluding hydrogens is 532 g/mol. The highest BCUT2D eigenvalue weighted by Gasteiger charge is 2.26. The average molecular weight is 573 g/mol. The lowest BCUT2D eigenvalue weighted by Crippen LogP contribution is -2.51. The molecule has 0 bridgehead atoms. The predicted molar refractivity (Wildman–Crippen MR) is 154 cm³/mol. The third kappa shape index (κ3) is 11.3. The Hall–Kier alpha value is -4.41. The van der Waals surface area contributed by atoms with E-state index in [1.807, 2.05) is 24.3 Å². The molecule has 0 spiro atoms. The molecule has 11 nitrogen and oxygen atoms in total. The highest BCUT2D eigenvalue weighted by molar-refractivity contribution is 5.86. The maximum Gasteiger partial charge on any atom is 0.514 e. The average Bonchev–Trinajstić information content (AvgIpc) is 2.91. The van der Waals surface area contributed by atoms with E-state index in [4.69, 9.17) is 28.4 Å². The van der Waals surface area contributed by atoms with E-state index in [-0.39, 0.29) is 24.8 Å². The van der Waals surface area contributed by atoms with Gasteiger partial charge in [0.25, 0.3) is 0 Å². The van der Waals surface area contributed by atoms with Crippen LogP contribution in [0.1, 0.15) is 45.7 Å². The number of hydrogen-bond donors (Lipinski definition) is 2. The van der Waals surface area contributed by atoms with Crippen LogP contribution in [-0.4, -0.2) is 64.3 Å². The Morgan fingerprint density at radius 2 is 1.49 bits per heavy atom. The monoisotopic (exact) mass is 572 g/mol. The van der Waals surface area contributed by atoms with Gasteiger partial charge in [0, 0.05) is 6.07 Å². The van der Waals surface area contributed by atoms with E-state index in [1.165, 1.54) is 7.11 Å². The Balaban J connectivity index is 1.90. The Morgan fingerprint density at radius 1 is 0.854 bits per heavy atom. The second kappa shape index (κ2) is 15.4. The largest absolute Gasteiger partial charge is 0.514 e. The molecule has 0 radical (unpaired) electrons. The number of methoxy groups -OCH3 is 3. The highest BCUT2D eigenvalue weighted by atomic mass is 16.7. The summed E-state index contributed by atoms with van der Waals surface area (Å²) in [7, 11) is 4.63. The van der Waals surface area contributed by atoms with Gasteiger partial charge in [0.05, 0.1) is 27.9 Å². The van der Waals surface area contributed by atoms with Crippen LogP contribution >= 0.6 is 0 Å². The Labute approximate surface area is 241 Å². The fraction of sp³-hybridized carbons (Fsp3) is 0.433. The number of carbonyl (C=O) groups is 3. The second-order valence-corrected chi connectivity index (χ2v) is 10.2. The molecule has 0 saturated heterocycles. The van der Waals surface area contributed by atoms with Gasteiger partial charge in [-0.15, -0.1) is 0 Å². The molecule has 0 fully saturated rings. The van der Waals surface area contributed by atoms with Crippen molar-refractivity contribution in [1.82, 2.24) is 10.6 Å². The fourth-order valence-electron chi connectivity index (χ4n) is 3.50. The molecule has 1 unspecified atom stereocenters. The van der Waals surface area contributed by atoms with Gasteiger partial charge in [-0.05, 0) is 62.1 Å². The van der Waals surface area contributed by atoms with Gasteiger partial charge in [0.15, 0.2) is 11.5 Å². The molecule has 11 heteroatoms. The van der Waals surface area contributed by atoms with Crippen molar-refractivity contribution in [3.63, 3.8) is 0 Å². The zero-order valence-corrected chi connectivity index (χ0v) is 24.9. The Morgan fingerprint density at radius 3 is 2.05 bits per heavy atom. The first-order chi connectivity index (χ1) is 19.3. The maximum absolute atomic E-state index is 12.6. The number of ether oxygens (including phenoxy) is 6. The SMILES string of the molecule is COc1cc(C=Cc2ccc(OC(=O)OCCNC(=O)C(NC(=O)OC(C)(C)C)C(C)C)c(OC)c2)cc(OC)c1. The molecule has 41 heavy (non-hydrogen) atoms. The number of carbonyl (C=O) groups excluding carboxylic acids is 3. The minimum absolute atomic E-state index is 0.0169. The summed E-state index contributed by atoms with van der Waals surface area (Å²) < 4.78 is 31.5. The predicted octanol–water partition coefficient (Wildman–Crippen LogP) is 5.06. The normalized spacial score (nSPS) is 11.9. The minimum Gasteiger partial charge on any atom is -0.497 e. The van der Waals surface area contributed by atoms with Crippen LogP contribution in [0.25, 0.3) is 12.2 Å². The summed E-state index contributed by atoms with van der Waals surface area (Å²) in [6.07, 6.45) is 2.10. The first kappa shape index (κ1) is 32.8. The standard InChI is InChI=1S/C30H40N2O9/c1-19(2)26(32-28(34)41-30(3,4)5)27(33)31-13-14-39-29(35)40-24-12-11-20(17-25(24)38-8)9-10-21-15-22(36-6)18-23(16-21)37-7/h9-12,15-19,26H,13-14H2,1-8H3,(H,31,33)(H,32,34). The third-order valence-electron chi connectivity index (χ3n) is 5.47. The number of hydrogen-bond acceptors (Lipinski definition) is 9. The highest BCUT2D eigenvalue weighted by Crippen LogP contribution is 2.30. The molecule has 1 atom stereocenters. The van der Waals surface area contributed by atoms with Crippen molar-refractivity contribution in [3.05, 3.63) is 47.5 Å². The first-order valence-corrected chi connectivity index (χ1v) is 13.1. The summed E-state index contributed by atoms with van der Waals surface area (Å²) >= 11 is 0. The lowest BCUT2D eigenvalue weighted by Gasteiger charge is -2.25. The smallest absolute Gasteiger partial charge is 0.497 e. The molecule has 0 aliphatic carbocycles. The summed E-state index contributed by atoms with van der Waals surface area (Å²) in [5.41, 5.74) is 0.977. The van der Waals surface area contributed by atoms with Gasteiger partial charge in [-0.1, -0.05) is 32.1 Å². The summed E-state index contributed by atoms with van der Waals surface area (Å²) in [4.78, 5) is 36.9. The molecular formula is C30H40N2O9. The van der Waals surface area contributed by atoms with Crippen molar-refractivity contribution in [2.75, 3.05) is 34.5 Å². The zero-order chi connectivity index (χ0) is 30.6. The molecule has 224 valence electrons. The van der Waals surface area contributed by atoms with Crippen LogP contribution in [0.5, 0.6) is 23.0 Å². The zero-order valence-electron chi connectivity index (χ0n) is 24.9. The van der Waals surface area contributed by atoms with Gasteiger partial charge in [-0.25, -0.2) is 9.59 Å². The van der Waals surface area contributed by atoms with Gasteiger partial charge in [0.2, 0.25) is 5.91 Å². The Kier molecular flexibility index (Phi) is 12.3. The molecule has 2 amide bonds. The molecule has 2 rings (SSSR count). The van der Waals surface area contributed by atoms with Crippen molar-refractivity contribution in [2.24, 2.45) is 5.92 Å². The molecule has 0 aliphatic heterocycles. The van der Waals surface area contributed by atoms with E-state index in [9.17, 15) is 14.4 Å². The number of nitrogens with one attached hydrogen (secondary N) is 2. The van der Waals surface area contributed by atoms with Crippen molar-refractivity contribution in [1.29, 1.82) is 0 Å². The summed E-state index contributed by atoms with van der Waals surface area (Å²) in [5.74, 6) is 1.20. The van der Waals surface area contributed by atoms with E-state index in [0.717, 1.165) is 11.1 Å². The molecule has 2 N–H and O–H groups in total. The van der Waals surface area contributed by atoms with Crippen LogP contribution in [0.15, 0.2) is 36.4 Å². The number of rotatable bonds is 12. The molecule has 0 aromatic heterocycles. The van der Waals surface area contributed by atoms with Crippen LogP contribution < -0.4 is 29.6 Å². The van der Waals surface area contributed by atoms with Gasteiger partial charge < -0.3 is 39.1 Å². The van der Waals surface area contributed by atoms with Gasteiger partial charge >= 0.3 is 12.2 Å². The maximum atomic E-state index is 12.6. The second-order valence-electron chi connectivity index (χ2n) is 10.2. The van der Waals surface area contributed by atoms with Crippen molar-refractivity contribution in [3.8, 4) is 23.0 Å². The molecule has 2 aromatic carbocycles. The molecule has 0 heterocycles. The van der Waals surface area contributed by atoms with Gasteiger partial charge in [-0.3, -0.25) is 4.79 Å². The van der Waals surface area contributed by atoms with Crippen molar-refractivity contribution in [2.45, 2.75) is 46.3 Å². The lowest BCUT2D eigenvalue weighted by atomic mass is 10.0. The topological polar surface area (TPSA) is 131 Å². The molecule has 2 aromatic rings. The fourth-order valence-corrected chi connectivity index (χ4v) is 3.50. The van der Waals surface area contributed by atoms with Crippen LogP contribution in [-0.2, 0) is 14.3 Å². The Bertz CT molecular complexity index is 1200. The first-order valence-electron chi connectivity index (χ1n) is 13.1. The van der Waals surface area contributed by atoms with E-state index < -0.39 is 29.8 Å². The van der Waals surface area contributed by atoms with E-state index in [2.05, 4.69) is 10.6 Å². The van der Waals surface area contributed by atoms with Gasteiger partial charge in [-0.2, -0.15) is 0 Å². The summed E-state index contributed by atoms with van der Waals surface area (Å²) in [6, 6.07) is 9.75. The molecule has 0 aliphatic rings. The van der Waals surface area contributed by atoms with Crippen LogP contribution in [0.2, 0.25) is 0 Å². The summed E-state index contributed by atoms with van der Waals surface area (Å²) in [5, 5.41) is 5.20. The van der Waals surface area contributed by atoms with Crippen LogP contribution in [0.3, 0.4) is 0 Å². The van der Waals surface area contributed by atoms with Crippen LogP contribution in [0.4, 0.5) is 9.59 Å². The number of amides is 2. The lowest BCUT2D eigenvalue weighted by molar-refractivity contribution is -0.124. The van der Waals surface area contributed by atoms with Gasteiger partial charge in [0.1, 0.15) is 29.7 Å². The third-order valence-corrected chi connectivity index (χ3v) is 5.47. The molecule has 0 saturated carbocycles. The summed E-state index contributed by atoms with van der Waals surface area (Å²) in [6.45, 7) is 8.65. The van der Waals surface area contributed by atoms with E-state index >= 15 is 0 Å². The quantitative estimate of drug-likeness (QED) is 0.155. The van der Waals surface area contributed by atoms with Crippen LogP contribution in [0, 0.1) is 5.92 Å². The van der Waals surface area contributed by atoms with E-state index in [1.54, 1.807) is 73.1 Å². The number of benzene rings is 2.